The molecule has 0 radical (unpaired) electrons. The zero-order valence-corrected chi connectivity index (χ0v) is 22.7. The normalized spacial score (nSPS) is 14.5. The lowest BCUT2D eigenvalue weighted by atomic mass is 9.87. The third kappa shape index (κ3) is 5.73. The van der Waals surface area contributed by atoms with Crippen LogP contribution >= 0.6 is 23.5 Å². The number of rotatable bonds is 6. The summed E-state index contributed by atoms with van der Waals surface area (Å²) in [5.74, 6) is 0.750. The smallest absolute Gasteiger partial charge is 0.251 e. The molecule has 0 saturated carbocycles. The van der Waals surface area contributed by atoms with E-state index in [1.807, 2.05) is 4.90 Å². The lowest BCUT2D eigenvalue weighted by Crippen LogP contribution is -2.49. The number of amides is 1. The van der Waals surface area contributed by atoms with Gasteiger partial charge < -0.3 is 9.88 Å². The minimum atomic E-state index is -0.455. The molecule has 2 aromatic carbocycles. The van der Waals surface area contributed by atoms with Crippen LogP contribution < -0.4 is 10.5 Å². The fraction of sp³-hybridized carbons (Fsp3) is 0.321. The van der Waals surface area contributed by atoms with Crippen molar-refractivity contribution >= 4 is 40.7 Å². The summed E-state index contributed by atoms with van der Waals surface area (Å²) in [6.45, 7) is 12.4. The second-order valence-electron chi connectivity index (χ2n) is 9.60. The highest BCUT2D eigenvalue weighted by atomic mass is 32.2. The number of carbonyl (C=O) groups is 1. The van der Waals surface area contributed by atoms with Crippen LogP contribution in [0.25, 0.3) is 5.57 Å². The van der Waals surface area contributed by atoms with E-state index in [1.54, 1.807) is 11.8 Å². The fourth-order valence-electron chi connectivity index (χ4n) is 4.35. The second kappa shape index (κ2) is 10.1. The minimum absolute atomic E-state index is 0.0182. The molecule has 0 fully saturated rings. The number of aromatic amines is 1. The van der Waals surface area contributed by atoms with Gasteiger partial charge >= 0.3 is 0 Å². The number of H-pyrrole nitrogens is 1. The zero-order chi connectivity index (χ0) is 25.3. The number of thioether (sulfide) groups is 2. The Morgan fingerprint density at radius 3 is 2.40 bits per heavy atom. The molecule has 1 N–H and O–H groups in total. The second-order valence-corrected chi connectivity index (χ2v) is 11.6. The Kier molecular flexibility index (Phi) is 7.29. The van der Waals surface area contributed by atoms with Gasteiger partial charge in [-0.25, -0.2) is 4.98 Å². The number of hydrogen-bond donors (Lipinski definition) is 1. The number of anilines is 1. The largest absolute Gasteiger partial charge is 0.302 e. The number of nitrogens with zero attached hydrogens (tertiary/aromatic N) is 2. The molecule has 0 bridgehead atoms. The molecule has 1 aliphatic heterocycles. The van der Waals surface area contributed by atoms with Crippen LogP contribution in [-0.4, -0.2) is 27.2 Å². The highest BCUT2D eigenvalue weighted by molar-refractivity contribution is 7.99. The molecule has 0 aliphatic carbocycles. The predicted octanol–water partition coefficient (Wildman–Crippen LogP) is 6.31. The average molecular weight is 506 g/mol. The van der Waals surface area contributed by atoms with Gasteiger partial charge in [0, 0.05) is 22.3 Å². The van der Waals surface area contributed by atoms with Crippen LogP contribution in [0.15, 0.2) is 63.4 Å². The molecule has 3 aromatic rings. The van der Waals surface area contributed by atoms with Gasteiger partial charge in [-0.15, -0.1) is 11.8 Å². The van der Waals surface area contributed by atoms with Crippen molar-refractivity contribution in [3.8, 4) is 0 Å². The molecule has 1 amide bonds. The molecule has 0 unspecified atom stereocenters. The Bertz CT molecular complexity index is 1360. The summed E-state index contributed by atoms with van der Waals surface area (Å²) >= 11 is 2.91. The van der Waals surface area contributed by atoms with E-state index in [-0.39, 0.29) is 17.2 Å². The Balaban J connectivity index is 1.51. The van der Waals surface area contributed by atoms with Crippen molar-refractivity contribution in [3.63, 3.8) is 0 Å². The number of nitrogens with one attached hydrogen (secondary N) is 1. The molecular formula is C28H31N3O2S2. The van der Waals surface area contributed by atoms with Crippen LogP contribution in [0.2, 0.25) is 0 Å². The van der Waals surface area contributed by atoms with Crippen molar-refractivity contribution in [1.82, 2.24) is 9.97 Å². The molecule has 1 aliphatic rings. The van der Waals surface area contributed by atoms with Crippen LogP contribution in [0, 0.1) is 20.8 Å². The fourth-order valence-corrected chi connectivity index (χ4v) is 5.89. The zero-order valence-electron chi connectivity index (χ0n) is 21.1. The van der Waals surface area contributed by atoms with Gasteiger partial charge in [0.05, 0.1) is 22.7 Å². The SMILES string of the molecule is CC1=CC(C)(C)N(C(=O)CSc2nc(CSc3ccc(C)cc3)cc(=O)[nH]2)c2cc(C)c(C)cc21. The molecule has 0 spiro atoms. The summed E-state index contributed by atoms with van der Waals surface area (Å²) in [6, 6.07) is 14.1. The topological polar surface area (TPSA) is 66.1 Å². The van der Waals surface area contributed by atoms with Gasteiger partial charge in [0.15, 0.2) is 5.16 Å². The average Bonchev–Trinajstić information content (AvgIpc) is 2.78. The summed E-state index contributed by atoms with van der Waals surface area (Å²) in [5, 5.41) is 0.465. The van der Waals surface area contributed by atoms with E-state index in [0.717, 1.165) is 21.7 Å². The lowest BCUT2D eigenvalue weighted by molar-refractivity contribution is -0.116. The van der Waals surface area contributed by atoms with Crippen LogP contribution in [0.5, 0.6) is 0 Å². The first kappa shape index (κ1) is 25.3. The molecular weight excluding hydrogens is 474 g/mol. The van der Waals surface area contributed by atoms with Crippen LogP contribution in [0.1, 0.15) is 48.7 Å². The first-order chi connectivity index (χ1) is 16.5. The van der Waals surface area contributed by atoms with Gasteiger partial charge in [0.25, 0.3) is 5.56 Å². The quantitative estimate of drug-likeness (QED) is 0.314. The minimum Gasteiger partial charge on any atom is -0.302 e. The lowest BCUT2D eigenvalue weighted by Gasteiger charge is -2.42. The Morgan fingerprint density at radius 1 is 1.00 bits per heavy atom. The highest BCUT2D eigenvalue weighted by Gasteiger charge is 2.36. The molecule has 4 rings (SSSR count). The first-order valence-corrected chi connectivity index (χ1v) is 13.6. The molecule has 35 heavy (non-hydrogen) atoms. The van der Waals surface area contributed by atoms with Crippen LogP contribution in [0.4, 0.5) is 5.69 Å². The third-order valence-electron chi connectivity index (χ3n) is 6.19. The molecule has 1 aromatic heterocycles. The number of aromatic nitrogens is 2. The summed E-state index contributed by atoms with van der Waals surface area (Å²) in [7, 11) is 0. The van der Waals surface area contributed by atoms with Crippen molar-refractivity contribution in [2.45, 2.75) is 62.9 Å². The maximum atomic E-state index is 13.5. The first-order valence-electron chi connectivity index (χ1n) is 11.6. The van der Waals surface area contributed by atoms with E-state index in [9.17, 15) is 9.59 Å². The number of carbonyl (C=O) groups excluding carboxylic acids is 1. The number of aryl methyl sites for hydroxylation is 3. The van der Waals surface area contributed by atoms with E-state index in [2.05, 4.69) is 94.0 Å². The monoisotopic (exact) mass is 505 g/mol. The van der Waals surface area contributed by atoms with E-state index < -0.39 is 5.54 Å². The molecule has 5 nitrogen and oxygen atoms in total. The summed E-state index contributed by atoms with van der Waals surface area (Å²) in [6.07, 6.45) is 2.15. The van der Waals surface area contributed by atoms with Gasteiger partial charge in [0.1, 0.15) is 0 Å². The van der Waals surface area contributed by atoms with Crippen LogP contribution in [-0.2, 0) is 10.5 Å². The Labute approximate surface area is 215 Å². The van der Waals surface area contributed by atoms with Crippen molar-refractivity contribution in [1.29, 1.82) is 0 Å². The molecule has 2 heterocycles. The van der Waals surface area contributed by atoms with Gasteiger partial charge in [-0.1, -0.05) is 35.5 Å². The highest BCUT2D eigenvalue weighted by Crippen LogP contribution is 2.40. The summed E-state index contributed by atoms with van der Waals surface area (Å²) < 4.78 is 0. The number of hydrogen-bond acceptors (Lipinski definition) is 5. The standard InChI is InChI=1S/C28H31N3O2S2/c1-17-7-9-22(10-8-17)34-15-21-13-25(32)30-27(29-21)35-16-26(33)31-24-12-19(3)18(2)11-23(24)20(4)14-28(31,5)6/h7-14H,15-16H2,1-6H3,(H,29,30,32). The maximum Gasteiger partial charge on any atom is 0.251 e. The number of benzene rings is 2. The molecule has 0 atom stereocenters. The summed E-state index contributed by atoms with van der Waals surface area (Å²) in [5.41, 5.74) is 6.82. The van der Waals surface area contributed by atoms with Crippen LogP contribution in [0.3, 0.4) is 0 Å². The molecule has 0 saturated heterocycles. The van der Waals surface area contributed by atoms with Crippen molar-refractivity contribution in [2.24, 2.45) is 0 Å². The number of fused-ring (bicyclic) bond motifs is 1. The molecule has 182 valence electrons. The predicted molar refractivity (Wildman–Crippen MR) is 147 cm³/mol. The Hall–Kier alpha value is -2.77. The Morgan fingerprint density at radius 2 is 1.69 bits per heavy atom. The van der Waals surface area contributed by atoms with Gasteiger partial charge in [-0.3, -0.25) is 9.59 Å². The summed E-state index contributed by atoms with van der Waals surface area (Å²) in [4.78, 5) is 36.2. The van der Waals surface area contributed by atoms with Gasteiger partial charge in [-0.05, 0) is 82.5 Å². The van der Waals surface area contributed by atoms with E-state index in [1.165, 1.54) is 34.5 Å². The van der Waals surface area contributed by atoms with E-state index in [0.29, 0.717) is 16.6 Å². The van der Waals surface area contributed by atoms with Crippen molar-refractivity contribution < 1.29 is 4.79 Å². The van der Waals surface area contributed by atoms with E-state index >= 15 is 0 Å². The van der Waals surface area contributed by atoms with E-state index in [4.69, 9.17) is 0 Å². The van der Waals surface area contributed by atoms with Crippen molar-refractivity contribution in [2.75, 3.05) is 10.7 Å². The van der Waals surface area contributed by atoms with Gasteiger partial charge in [-0.2, -0.15) is 0 Å². The third-order valence-corrected chi connectivity index (χ3v) is 8.09. The molecule has 7 heteroatoms. The maximum absolute atomic E-state index is 13.5. The number of allylic oxidation sites excluding steroid dienone is 1. The van der Waals surface area contributed by atoms with Crippen molar-refractivity contribution in [3.05, 3.63) is 86.8 Å². The van der Waals surface area contributed by atoms with Gasteiger partial charge in [0.2, 0.25) is 5.91 Å².